The van der Waals surface area contributed by atoms with Crippen molar-refractivity contribution in [1.82, 2.24) is 24.2 Å². The average molecular weight is 608 g/mol. The summed E-state index contributed by atoms with van der Waals surface area (Å²) in [6, 6.07) is 12.2. The van der Waals surface area contributed by atoms with Gasteiger partial charge in [-0.3, -0.25) is 14.0 Å². The number of alkyl halides is 3. The van der Waals surface area contributed by atoms with Gasteiger partial charge in [0.2, 0.25) is 5.91 Å². The molecule has 0 radical (unpaired) electrons. The van der Waals surface area contributed by atoms with Crippen molar-refractivity contribution in [1.29, 1.82) is 0 Å². The smallest absolute Gasteiger partial charge is 0.422 e. The van der Waals surface area contributed by atoms with Crippen LogP contribution in [0.3, 0.4) is 0 Å². The number of hydrogen-bond donors (Lipinski definition) is 2. The van der Waals surface area contributed by atoms with Crippen LogP contribution in [0.4, 0.5) is 24.7 Å². The lowest BCUT2D eigenvalue weighted by molar-refractivity contribution is -0.153. The SMILES string of the molecule is CN(C)C/C=C/C(=O)N1CCC[C@H]1c1nc(-c2cccc(C(=O)Nc3ccc(OCC(F)(F)F)cc3)c2)c2c(N)nccn12. The van der Waals surface area contributed by atoms with E-state index in [9.17, 15) is 22.8 Å². The summed E-state index contributed by atoms with van der Waals surface area (Å²) in [5.41, 5.74) is 8.76. The molecule has 2 aromatic heterocycles. The summed E-state index contributed by atoms with van der Waals surface area (Å²) in [4.78, 5) is 39.2. The van der Waals surface area contributed by atoms with Gasteiger partial charge in [0.1, 0.15) is 28.6 Å². The molecule has 0 aliphatic carbocycles. The Kier molecular flexibility index (Phi) is 8.86. The van der Waals surface area contributed by atoms with Crippen LogP contribution in [0, 0.1) is 0 Å². The van der Waals surface area contributed by atoms with Crippen molar-refractivity contribution in [3.05, 3.63) is 84.5 Å². The molecule has 0 spiro atoms. The fourth-order valence-corrected chi connectivity index (χ4v) is 5.09. The van der Waals surface area contributed by atoms with Crippen LogP contribution in [0.1, 0.15) is 35.1 Å². The van der Waals surface area contributed by atoms with Crippen molar-refractivity contribution in [3.8, 4) is 17.0 Å². The number of likely N-dealkylation sites (N-methyl/N-ethyl adjacent to an activating group) is 1. The Balaban J connectivity index is 1.40. The van der Waals surface area contributed by atoms with Gasteiger partial charge in [0.25, 0.3) is 5.91 Å². The quantitative estimate of drug-likeness (QED) is 0.259. The summed E-state index contributed by atoms with van der Waals surface area (Å²) in [5, 5.41) is 2.74. The van der Waals surface area contributed by atoms with Gasteiger partial charge in [-0.1, -0.05) is 18.2 Å². The van der Waals surface area contributed by atoms with Crippen molar-refractivity contribution >= 4 is 28.8 Å². The Labute approximate surface area is 251 Å². The molecular weight excluding hydrogens is 575 g/mol. The molecule has 230 valence electrons. The van der Waals surface area contributed by atoms with E-state index in [1.165, 1.54) is 24.3 Å². The van der Waals surface area contributed by atoms with E-state index >= 15 is 0 Å². The van der Waals surface area contributed by atoms with Crippen LogP contribution in [0.5, 0.6) is 5.75 Å². The number of halogens is 3. The van der Waals surface area contributed by atoms with Gasteiger partial charge in [-0.15, -0.1) is 0 Å². The maximum absolute atomic E-state index is 13.1. The minimum absolute atomic E-state index is 0.0306. The number of carbonyl (C=O) groups excluding carboxylic acids is 2. The number of likely N-dealkylation sites (tertiary alicyclic amines) is 1. The largest absolute Gasteiger partial charge is 0.484 e. The summed E-state index contributed by atoms with van der Waals surface area (Å²) in [6.45, 7) is -0.154. The van der Waals surface area contributed by atoms with Crippen LogP contribution < -0.4 is 15.8 Å². The number of ether oxygens (including phenoxy) is 1. The van der Waals surface area contributed by atoms with E-state index < -0.39 is 18.7 Å². The fourth-order valence-electron chi connectivity index (χ4n) is 5.09. The van der Waals surface area contributed by atoms with E-state index in [1.807, 2.05) is 40.4 Å². The molecule has 2 amide bonds. The number of hydrogen-bond acceptors (Lipinski definition) is 7. The summed E-state index contributed by atoms with van der Waals surface area (Å²) in [5.74, 6) is 0.420. The Morgan fingerprint density at radius 2 is 1.95 bits per heavy atom. The number of nitrogens with two attached hydrogens (primary N) is 1. The third-order valence-electron chi connectivity index (χ3n) is 7.09. The number of imidazole rings is 1. The molecule has 0 bridgehead atoms. The zero-order valence-corrected chi connectivity index (χ0v) is 24.2. The molecule has 1 aliphatic heterocycles. The number of carbonyl (C=O) groups is 2. The molecule has 1 aliphatic rings. The second kappa shape index (κ2) is 12.8. The molecule has 5 rings (SSSR count). The highest BCUT2D eigenvalue weighted by molar-refractivity contribution is 6.05. The van der Waals surface area contributed by atoms with Crippen molar-refractivity contribution in [2.75, 3.05) is 44.8 Å². The van der Waals surface area contributed by atoms with Crippen LogP contribution in [0.15, 0.2) is 73.1 Å². The summed E-state index contributed by atoms with van der Waals surface area (Å²) in [7, 11) is 3.86. The van der Waals surface area contributed by atoms with E-state index in [1.54, 1.807) is 36.7 Å². The molecule has 1 atom stereocenters. The van der Waals surface area contributed by atoms with Crippen LogP contribution >= 0.6 is 0 Å². The van der Waals surface area contributed by atoms with Crippen molar-refractivity contribution in [3.63, 3.8) is 0 Å². The topological polar surface area (TPSA) is 118 Å². The first kappa shape index (κ1) is 30.5. The third-order valence-corrected chi connectivity index (χ3v) is 7.09. The third kappa shape index (κ3) is 7.00. The first-order valence-corrected chi connectivity index (χ1v) is 14.0. The minimum Gasteiger partial charge on any atom is -0.484 e. The maximum atomic E-state index is 13.1. The Morgan fingerprint density at radius 1 is 1.18 bits per heavy atom. The van der Waals surface area contributed by atoms with Gasteiger partial charge in [0.15, 0.2) is 6.61 Å². The van der Waals surface area contributed by atoms with Gasteiger partial charge in [-0.05, 0) is 63.3 Å². The van der Waals surface area contributed by atoms with E-state index in [4.69, 9.17) is 15.5 Å². The zero-order valence-electron chi connectivity index (χ0n) is 24.2. The van der Waals surface area contributed by atoms with Gasteiger partial charge in [0.05, 0.1) is 6.04 Å². The van der Waals surface area contributed by atoms with Crippen LogP contribution in [0.25, 0.3) is 16.8 Å². The Bertz CT molecular complexity index is 1680. The van der Waals surface area contributed by atoms with E-state index in [0.717, 1.165) is 12.8 Å². The Morgan fingerprint density at radius 3 is 2.68 bits per heavy atom. The molecule has 2 aromatic carbocycles. The van der Waals surface area contributed by atoms with Crippen LogP contribution in [-0.4, -0.2) is 76.0 Å². The lowest BCUT2D eigenvalue weighted by Crippen LogP contribution is -2.30. The number of nitrogens with one attached hydrogen (secondary N) is 1. The lowest BCUT2D eigenvalue weighted by atomic mass is 10.1. The minimum atomic E-state index is -4.45. The molecule has 0 unspecified atom stereocenters. The second-order valence-electron chi connectivity index (χ2n) is 10.7. The number of aromatic nitrogens is 3. The van der Waals surface area contributed by atoms with Gasteiger partial charge in [-0.25, -0.2) is 9.97 Å². The predicted octanol–water partition coefficient (Wildman–Crippen LogP) is 4.95. The number of nitrogens with zero attached hydrogens (tertiary/aromatic N) is 5. The van der Waals surface area contributed by atoms with Crippen LogP contribution in [-0.2, 0) is 4.79 Å². The first-order chi connectivity index (χ1) is 21.0. The van der Waals surface area contributed by atoms with Crippen molar-refractivity contribution in [2.24, 2.45) is 0 Å². The monoisotopic (exact) mass is 607 g/mol. The normalized spacial score (nSPS) is 15.4. The second-order valence-corrected chi connectivity index (χ2v) is 10.7. The van der Waals surface area contributed by atoms with E-state index in [0.29, 0.717) is 46.9 Å². The fraction of sp³-hybridized carbons (Fsp3) is 0.290. The number of nitrogen functional groups attached to an aromatic ring is 1. The van der Waals surface area contributed by atoms with Crippen molar-refractivity contribution in [2.45, 2.75) is 25.1 Å². The molecule has 1 saturated heterocycles. The highest BCUT2D eigenvalue weighted by Crippen LogP contribution is 2.36. The molecule has 44 heavy (non-hydrogen) atoms. The van der Waals surface area contributed by atoms with E-state index in [-0.39, 0.29) is 23.5 Å². The summed E-state index contributed by atoms with van der Waals surface area (Å²) >= 11 is 0. The van der Waals surface area contributed by atoms with Gasteiger partial charge >= 0.3 is 6.18 Å². The molecule has 0 saturated carbocycles. The molecule has 4 aromatic rings. The lowest BCUT2D eigenvalue weighted by Gasteiger charge is -2.22. The first-order valence-electron chi connectivity index (χ1n) is 14.0. The van der Waals surface area contributed by atoms with Gasteiger partial charge in [0, 0.05) is 48.4 Å². The summed E-state index contributed by atoms with van der Waals surface area (Å²) < 4.78 is 43.8. The van der Waals surface area contributed by atoms with Crippen molar-refractivity contribution < 1.29 is 27.5 Å². The number of rotatable bonds is 9. The van der Waals surface area contributed by atoms with Gasteiger partial charge in [-0.2, -0.15) is 13.2 Å². The van der Waals surface area contributed by atoms with E-state index in [2.05, 4.69) is 10.3 Å². The molecule has 1 fully saturated rings. The molecule has 13 heteroatoms. The molecular formula is C31H32F3N7O3. The Hall–Kier alpha value is -4.91. The summed E-state index contributed by atoms with van der Waals surface area (Å²) in [6.07, 6.45) is 3.89. The highest BCUT2D eigenvalue weighted by Gasteiger charge is 2.33. The average Bonchev–Trinajstić information content (AvgIpc) is 3.62. The number of amides is 2. The zero-order chi connectivity index (χ0) is 31.4. The van der Waals surface area contributed by atoms with Gasteiger partial charge < -0.3 is 25.6 Å². The number of benzene rings is 2. The standard InChI is InChI=1S/C31H32F3N7O3/c1-39(2)15-5-9-25(42)40-16-4-8-24(40)29-38-26(27-28(35)36-14-17-41(27)29)20-6-3-7-21(18-20)30(43)37-22-10-12-23(13-11-22)44-19-31(32,33)34/h3,5-7,9-14,17-18,24H,4,8,15-16,19H2,1-2H3,(H2,35,36)(H,37,43)/b9-5+/t24-/m0/s1. The predicted molar refractivity (Wildman–Crippen MR) is 160 cm³/mol. The number of anilines is 2. The maximum Gasteiger partial charge on any atom is 0.422 e. The molecule has 3 heterocycles. The molecule has 3 N–H and O–H groups in total. The van der Waals surface area contributed by atoms with Crippen LogP contribution in [0.2, 0.25) is 0 Å². The molecule has 10 nitrogen and oxygen atoms in total. The highest BCUT2D eigenvalue weighted by atomic mass is 19.4. The number of fused-ring (bicyclic) bond motifs is 1.